The normalized spacial score (nSPS) is 13.8. The third kappa shape index (κ3) is 14.0. The fourth-order valence-electron chi connectivity index (χ4n) is 3.78. The van der Waals surface area contributed by atoms with E-state index in [9.17, 15) is 34.2 Å². The Hall–Kier alpha value is -4.40. The van der Waals surface area contributed by atoms with E-state index < -0.39 is 60.2 Å². The van der Waals surface area contributed by atoms with Crippen LogP contribution in [0, 0.1) is 5.92 Å². The summed E-state index contributed by atoms with van der Waals surface area (Å²) in [5, 5.41) is 35.4. The van der Waals surface area contributed by atoms with Crippen LogP contribution in [0.5, 0.6) is 5.75 Å². The highest BCUT2D eigenvalue weighted by Crippen LogP contribution is 2.13. The number of nitrogens with one attached hydrogen (secondary N) is 3. The second-order valence-electron chi connectivity index (χ2n) is 10.0. The molecule has 0 aliphatic carbocycles. The van der Waals surface area contributed by atoms with Crippen LogP contribution < -0.4 is 33.2 Å². The van der Waals surface area contributed by atoms with Crippen LogP contribution in [0.4, 0.5) is 0 Å². The van der Waals surface area contributed by atoms with Crippen LogP contribution in [0.2, 0.25) is 0 Å². The zero-order valence-electron chi connectivity index (χ0n) is 23.2. The molecule has 0 bridgehead atoms. The van der Waals surface area contributed by atoms with Crippen molar-refractivity contribution in [1.29, 1.82) is 0 Å². The van der Waals surface area contributed by atoms with Crippen LogP contribution in [0.25, 0.3) is 0 Å². The van der Waals surface area contributed by atoms with Crippen molar-refractivity contribution in [1.82, 2.24) is 16.0 Å². The van der Waals surface area contributed by atoms with Gasteiger partial charge in [0.2, 0.25) is 17.7 Å². The highest BCUT2D eigenvalue weighted by atomic mass is 16.4. The minimum Gasteiger partial charge on any atom is -0.508 e. The topological polar surface area (TPSA) is 273 Å². The summed E-state index contributed by atoms with van der Waals surface area (Å²) in [6, 6.07) is 0.993. The smallest absolute Gasteiger partial charge is 0.326 e. The number of hydrogen-bond acceptors (Lipinski definition) is 8. The molecule has 15 nitrogen and oxygen atoms in total. The van der Waals surface area contributed by atoms with Crippen molar-refractivity contribution in [3.8, 4) is 5.75 Å². The number of guanidine groups is 1. The number of carboxylic acids is 2. The third-order valence-corrected chi connectivity index (χ3v) is 5.92. The average molecular weight is 580 g/mol. The van der Waals surface area contributed by atoms with E-state index in [-0.39, 0.29) is 49.9 Å². The maximum absolute atomic E-state index is 13.3. The summed E-state index contributed by atoms with van der Waals surface area (Å²) in [5.74, 6) is -4.97. The molecule has 0 fully saturated rings. The van der Waals surface area contributed by atoms with Crippen LogP contribution in [-0.2, 0) is 30.4 Å². The molecule has 0 heterocycles. The van der Waals surface area contributed by atoms with Crippen LogP contribution >= 0.6 is 0 Å². The maximum atomic E-state index is 13.3. The standard InChI is InChI=1S/C26H41N7O8/c1-14(2)12-19(32-22(37)17(27)4-3-11-30-26(28)29)23(38)33-20(13-15-5-7-16(34)8-6-15)24(39)31-18(25(40)41)9-10-21(35)36/h5-8,14,17-20,34H,3-4,9-13,27H2,1-2H3,(H,31,39)(H,32,37)(H,33,38)(H,35,36)(H,40,41)(H4,28,29,30). The number of hydrogen-bond donors (Lipinski definition) is 9. The number of rotatable bonds is 18. The fourth-order valence-corrected chi connectivity index (χ4v) is 3.78. The minimum absolute atomic E-state index is 0.0206. The zero-order chi connectivity index (χ0) is 31.1. The molecule has 0 aromatic heterocycles. The van der Waals surface area contributed by atoms with Crippen LogP contribution in [0.3, 0.4) is 0 Å². The molecule has 0 radical (unpaired) electrons. The number of phenols is 1. The van der Waals surface area contributed by atoms with E-state index in [1.165, 1.54) is 24.3 Å². The molecule has 12 N–H and O–H groups in total. The number of carbonyl (C=O) groups excluding carboxylic acids is 3. The van der Waals surface area contributed by atoms with Gasteiger partial charge in [-0.15, -0.1) is 0 Å². The monoisotopic (exact) mass is 579 g/mol. The minimum atomic E-state index is -1.51. The van der Waals surface area contributed by atoms with E-state index in [0.29, 0.717) is 12.0 Å². The number of aliphatic carboxylic acids is 2. The highest BCUT2D eigenvalue weighted by Gasteiger charge is 2.31. The zero-order valence-corrected chi connectivity index (χ0v) is 23.2. The van der Waals surface area contributed by atoms with Gasteiger partial charge >= 0.3 is 11.9 Å². The van der Waals surface area contributed by atoms with Gasteiger partial charge in [-0.2, -0.15) is 0 Å². The maximum Gasteiger partial charge on any atom is 0.326 e. The van der Waals surface area contributed by atoms with Crippen molar-refractivity contribution >= 4 is 35.6 Å². The second-order valence-corrected chi connectivity index (χ2v) is 10.0. The number of nitrogens with zero attached hydrogens (tertiary/aromatic N) is 1. The first-order valence-electron chi connectivity index (χ1n) is 13.1. The van der Waals surface area contributed by atoms with Crippen LogP contribution in [0.1, 0.15) is 51.5 Å². The molecule has 3 amide bonds. The van der Waals surface area contributed by atoms with Gasteiger partial charge in [-0.05, 0) is 49.3 Å². The summed E-state index contributed by atoms with van der Waals surface area (Å²) in [4.78, 5) is 65.6. The van der Waals surface area contributed by atoms with Crippen molar-refractivity contribution in [3.63, 3.8) is 0 Å². The first-order chi connectivity index (χ1) is 19.2. The molecular weight excluding hydrogens is 538 g/mol. The Kier molecular flexibility index (Phi) is 14.6. The lowest BCUT2D eigenvalue weighted by molar-refractivity contribution is -0.143. The SMILES string of the molecule is CC(C)CC(NC(=O)C(N)CCCN=C(N)N)C(=O)NC(Cc1ccc(O)cc1)C(=O)NC(CCC(=O)O)C(=O)O. The molecule has 0 aliphatic rings. The van der Waals surface area contributed by atoms with Gasteiger partial charge in [0.1, 0.15) is 23.9 Å². The summed E-state index contributed by atoms with van der Waals surface area (Å²) in [7, 11) is 0. The lowest BCUT2D eigenvalue weighted by atomic mass is 10.00. The predicted molar refractivity (Wildman–Crippen MR) is 149 cm³/mol. The summed E-state index contributed by atoms with van der Waals surface area (Å²) in [5.41, 5.74) is 17.1. The molecular formula is C26H41N7O8. The first-order valence-corrected chi connectivity index (χ1v) is 13.1. The lowest BCUT2D eigenvalue weighted by Gasteiger charge is -2.26. The van der Waals surface area contributed by atoms with E-state index >= 15 is 0 Å². The van der Waals surface area contributed by atoms with Gasteiger partial charge in [0.25, 0.3) is 0 Å². The van der Waals surface area contributed by atoms with Crippen LogP contribution in [0.15, 0.2) is 29.3 Å². The predicted octanol–water partition coefficient (Wildman–Crippen LogP) is -1.23. The van der Waals surface area contributed by atoms with Gasteiger partial charge in [-0.25, -0.2) is 4.79 Å². The number of phenolic OH excluding ortho intramolecular Hbond substituents is 1. The molecule has 228 valence electrons. The second kappa shape index (κ2) is 17.3. The van der Waals surface area contributed by atoms with E-state index in [2.05, 4.69) is 20.9 Å². The Balaban J connectivity index is 3.09. The van der Waals surface area contributed by atoms with E-state index in [4.69, 9.17) is 22.3 Å². The van der Waals surface area contributed by atoms with Gasteiger partial charge in [-0.3, -0.25) is 24.2 Å². The fraction of sp³-hybridized carbons (Fsp3) is 0.538. The Labute approximate surface area is 237 Å². The van der Waals surface area contributed by atoms with Gasteiger partial charge in [0.05, 0.1) is 6.04 Å². The Morgan fingerprint density at radius 1 is 0.854 bits per heavy atom. The molecule has 4 unspecified atom stereocenters. The van der Waals surface area contributed by atoms with Gasteiger partial charge in [-0.1, -0.05) is 26.0 Å². The number of amides is 3. The highest BCUT2D eigenvalue weighted by molar-refractivity contribution is 5.94. The Morgan fingerprint density at radius 3 is 1.95 bits per heavy atom. The number of aliphatic imine (C=N–C) groups is 1. The van der Waals surface area contributed by atoms with E-state index in [1.54, 1.807) is 0 Å². The number of aromatic hydroxyl groups is 1. The largest absolute Gasteiger partial charge is 0.508 e. The van der Waals surface area contributed by atoms with Crippen LogP contribution in [-0.4, -0.2) is 81.7 Å². The quantitative estimate of drug-likeness (QED) is 0.0564. The van der Waals surface area contributed by atoms with Gasteiger partial charge in [0, 0.05) is 19.4 Å². The van der Waals surface area contributed by atoms with Gasteiger partial charge < -0.3 is 48.5 Å². The molecule has 1 aromatic rings. The van der Waals surface area contributed by atoms with Crippen molar-refractivity contribution < 1.29 is 39.3 Å². The summed E-state index contributed by atoms with van der Waals surface area (Å²) in [6.45, 7) is 3.95. The summed E-state index contributed by atoms with van der Waals surface area (Å²) < 4.78 is 0. The molecule has 0 aliphatic heterocycles. The first kappa shape index (κ1) is 34.6. The Morgan fingerprint density at radius 2 is 1.41 bits per heavy atom. The van der Waals surface area contributed by atoms with Crippen molar-refractivity contribution in [3.05, 3.63) is 29.8 Å². The van der Waals surface area contributed by atoms with Crippen molar-refractivity contribution in [2.75, 3.05) is 6.54 Å². The van der Waals surface area contributed by atoms with E-state index in [0.717, 1.165) is 0 Å². The molecule has 0 saturated heterocycles. The number of benzene rings is 1. The number of carbonyl (C=O) groups is 5. The molecule has 0 saturated carbocycles. The summed E-state index contributed by atoms with van der Waals surface area (Å²) in [6.07, 6.45) is -0.0746. The molecule has 4 atom stereocenters. The summed E-state index contributed by atoms with van der Waals surface area (Å²) >= 11 is 0. The average Bonchev–Trinajstić information content (AvgIpc) is 2.88. The molecule has 15 heteroatoms. The van der Waals surface area contributed by atoms with E-state index in [1.807, 2.05) is 13.8 Å². The third-order valence-electron chi connectivity index (χ3n) is 5.92. The van der Waals surface area contributed by atoms with Gasteiger partial charge in [0.15, 0.2) is 5.96 Å². The number of nitrogens with two attached hydrogens (primary N) is 3. The number of carboxylic acid groups (broad SMARTS) is 2. The Bertz CT molecular complexity index is 1070. The molecule has 1 rings (SSSR count). The lowest BCUT2D eigenvalue weighted by Crippen LogP contribution is -2.57. The van der Waals surface area contributed by atoms with Crippen molar-refractivity contribution in [2.45, 2.75) is 76.5 Å². The molecule has 0 spiro atoms. The van der Waals surface area contributed by atoms with Crippen molar-refractivity contribution in [2.24, 2.45) is 28.1 Å². The molecule has 1 aromatic carbocycles. The molecule has 41 heavy (non-hydrogen) atoms.